The molecule has 2 aliphatic heterocycles. The monoisotopic (exact) mass is 297 g/mol. The van der Waals surface area contributed by atoms with Crippen molar-refractivity contribution in [2.45, 2.75) is 64.1 Å². The molecule has 0 aromatic rings. The van der Waals surface area contributed by atoms with Crippen molar-refractivity contribution < 1.29 is 9.90 Å². The van der Waals surface area contributed by atoms with E-state index in [9.17, 15) is 9.90 Å². The Morgan fingerprint density at radius 1 is 1.24 bits per heavy atom. The highest BCUT2D eigenvalue weighted by atomic mass is 16.4. The molecule has 2 heterocycles. The van der Waals surface area contributed by atoms with Crippen molar-refractivity contribution in [3.8, 4) is 0 Å². The summed E-state index contributed by atoms with van der Waals surface area (Å²) < 4.78 is 0. The van der Waals surface area contributed by atoms with Crippen LogP contribution in [0.1, 0.15) is 46.0 Å². The van der Waals surface area contributed by atoms with Gasteiger partial charge in [-0.25, -0.2) is 0 Å². The molecular formula is C16H31N3O2. The zero-order valence-corrected chi connectivity index (χ0v) is 13.6. The van der Waals surface area contributed by atoms with E-state index in [0.29, 0.717) is 12.5 Å². The number of hydrogen-bond donors (Lipinski definition) is 2. The van der Waals surface area contributed by atoms with Crippen LogP contribution in [0.2, 0.25) is 0 Å². The van der Waals surface area contributed by atoms with E-state index in [1.54, 1.807) is 0 Å². The van der Waals surface area contributed by atoms with Gasteiger partial charge in [-0.15, -0.1) is 0 Å². The Kier molecular flexibility index (Phi) is 6.45. The van der Waals surface area contributed by atoms with E-state index in [1.165, 1.54) is 38.8 Å². The van der Waals surface area contributed by atoms with Gasteiger partial charge in [-0.3, -0.25) is 9.69 Å². The lowest BCUT2D eigenvalue weighted by atomic mass is 10.1. The van der Waals surface area contributed by atoms with Crippen LogP contribution in [0.5, 0.6) is 0 Å². The smallest absolute Gasteiger partial charge is 0.320 e. The van der Waals surface area contributed by atoms with Crippen molar-refractivity contribution in [3.05, 3.63) is 0 Å². The lowest BCUT2D eigenvalue weighted by Crippen LogP contribution is -2.44. The first-order valence-electron chi connectivity index (χ1n) is 8.51. The molecule has 2 atom stereocenters. The molecule has 2 N–H and O–H groups in total. The van der Waals surface area contributed by atoms with E-state index in [2.05, 4.69) is 15.1 Å². The van der Waals surface area contributed by atoms with E-state index < -0.39 is 12.0 Å². The fourth-order valence-electron chi connectivity index (χ4n) is 3.59. The second-order valence-electron chi connectivity index (χ2n) is 6.84. The fourth-order valence-corrected chi connectivity index (χ4v) is 3.59. The Bertz CT molecular complexity index is 329. The summed E-state index contributed by atoms with van der Waals surface area (Å²) in [5.74, 6) is -0.726. The van der Waals surface area contributed by atoms with Crippen LogP contribution < -0.4 is 5.32 Å². The lowest BCUT2D eigenvalue weighted by Gasteiger charge is -2.32. The highest BCUT2D eigenvalue weighted by Gasteiger charge is 2.29. The van der Waals surface area contributed by atoms with E-state index in [4.69, 9.17) is 0 Å². The maximum absolute atomic E-state index is 11.3. The largest absolute Gasteiger partial charge is 0.480 e. The van der Waals surface area contributed by atoms with Crippen molar-refractivity contribution in [2.75, 3.05) is 32.7 Å². The minimum Gasteiger partial charge on any atom is -0.480 e. The molecule has 0 bridgehead atoms. The highest BCUT2D eigenvalue weighted by Crippen LogP contribution is 2.20. The first-order valence-corrected chi connectivity index (χ1v) is 8.51. The molecular weight excluding hydrogens is 266 g/mol. The van der Waals surface area contributed by atoms with Gasteiger partial charge in [0.15, 0.2) is 0 Å². The number of nitrogens with one attached hydrogen (secondary N) is 1. The second kappa shape index (κ2) is 8.11. The molecule has 0 aromatic carbocycles. The van der Waals surface area contributed by atoms with E-state index in [-0.39, 0.29) is 6.04 Å². The molecule has 5 nitrogen and oxygen atoms in total. The molecule has 122 valence electrons. The summed E-state index contributed by atoms with van der Waals surface area (Å²) in [4.78, 5) is 16.3. The third kappa shape index (κ3) is 5.24. The molecule has 2 unspecified atom stereocenters. The molecule has 0 amide bonds. The van der Waals surface area contributed by atoms with Crippen LogP contribution in [0.3, 0.4) is 0 Å². The van der Waals surface area contributed by atoms with Crippen molar-refractivity contribution >= 4 is 5.97 Å². The molecule has 2 saturated heterocycles. The highest BCUT2D eigenvalue weighted by molar-refractivity contribution is 5.73. The molecule has 0 radical (unpaired) electrons. The van der Waals surface area contributed by atoms with Crippen LogP contribution in [0.4, 0.5) is 0 Å². The van der Waals surface area contributed by atoms with Crippen molar-refractivity contribution in [2.24, 2.45) is 0 Å². The van der Waals surface area contributed by atoms with Gasteiger partial charge >= 0.3 is 5.97 Å². The van der Waals surface area contributed by atoms with Gasteiger partial charge in [0, 0.05) is 25.2 Å². The summed E-state index contributed by atoms with van der Waals surface area (Å²) in [5.41, 5.74) is 0. The van der Waals surface area contributed by atoms with Crippen LogP contribution in [-0.2, 0) is 4.79 Å². The molecule has 5 heteroatoms. The van der Waals surface area contributed by atoms with E-state index in [1.807, 2.05) is 13.8 Å². The minimum absolute atomic E-state index is 0.214. The van der Waals surface area contributed by atoms with Gasteiger partial charge in [0.05, 0.1) is 0 Å². The van der Waals surface area contributed by atoms with E-state index in [0.717, 1.165) is 19.6 Å². The zero-order chi connectivity index (χ0) is 15.2. The number of nitrogens with zero attached hydrogens (tertiary/aromatic N) is 2. The molecule has 2 rings (SSSR count). The zero-order valence-electron chi connectivity index (χ0n) is 13.6. The summed E-state index contributed by atoms with van der Waals surface area (Å²) in [6, 6.07) is 0.497. The topological polar surface area (TPSA) is 55.8 Å². The Hall–Kier alpha value is -0.650. The van der Waals surface area contributed by atoms with Crippen molar-refractivity contribution in [3.63, 3.8) is 0 Å². The standard InChI is InChI=1S/C16H31N3O2/c1-13(2)17-15(16(20)21)7-11-18-10-6-14(12-18)19-8-4-3-5-9-19/h13-15,17H,3-12H2,1-2H3,(H,20,21). The first kappa shape index (κ1) is 16.7. The Balaban J connectivity index is 1.72. The number of carbonyl (C=O) groups is 1. The molecule has 0 aliphatic carbocycles. The summed E-state index contributed by atoms with van der Waals surface area (Å²) in [7, 11) is 0. The van der Waals surface area contributed by atoms with Gasteiger partial charge < -0.3 is 15.3 Å². The normalized spacial score (nSPS) is 26.3. The number of piperidine rings is 1. The van der Waals surface area contributed by atoms with Gasteiger partial charge in [0.1, 0.15) is 6.04 Å². The summed E-state index contributed by atoms with van der Waals surface area (Å²) in [5, 5.41) is 12.4. The van der Waals surface area contributed by atoms with Gasteiger partial charge in [-0.1, -0.05) is 20.3 Å². The molecule has 0 spiro atoms. The van der Waals surface area contributed by atoms with E-state index >= 15 is 0 Å². The quantitative estimate of drug-likeness (QED) is 0.744. The van der Waals surface area contributed by atoms with Crippen LogP contribution in [0.15, 0.2) is 0 Å². The molecule has 21 heavy (non-hydrogen) atoms. The summed E-state index contributed by atoms with van der Waals surface area (Å²) in [6.07, 6.45) is 6.01. The Labute approximate surface area is 128 Å². The lowest BCUT2D eigenvalue weighted by molar-refractivity contribution is -0.139. The van der Waals surface area contributed by atoms with Crippen molar-refractivity contribution in [1.82, 2.24) is 15.1 Å². The Morgan fingerprint density at radius 2 is 1.95 bits per heavy atom. The molecule has 0 saturated carbocycles. The summed E-state index contributed by atoms with van der Waals surface area (Å²) in [6.45, 7) is 9.64. The number of carboxylic acids is 1. The predicted octanol–water partition coefficient (Wildman–Crippen LogP) is 1.39. The Morgan fingerprint density at radius 3 is 2.57 bits per heavy atom. The van der Waals surface area contributed by atoms with Gasteiger partial charge in [0.25, 0.3) is 0 Å². The fraction of sp³-hybridized carbons (Fsp3) is 0.938. The number of hydrogen-bond acceptors (Lipinski definition) is 4. The van der Waals surface area contributed by atoms with Gasteiger partial charge in [-0.2, -0.15) is 0 Å². The number of aliphatic carboxylic acids is 1. The SMILES string of the molecule is CC(C)NC(CCN1CCC(N2CCCCC2)C1)C(=O)O. The number of rotatable bonds is 7. The average Bonchev–Trinajstić information content (AvgIpc) is 2.92. The van der Waals surface area contributed by atoms with Crippen LogP contribution in [-0.4, -0.2) is 71.7 Å². The van der Waals surface area contributed by atoms with Crippen molar-refractivity contribution in [1.29, 1.82) is 0 Å². The van der Waals surface area contributed by atoms with Gasteiger partial charge in [0.2, 0.25) is 0 Å². The number of carboxylic acid groups (broad SMARTS) is 1. The summed E-state index contributed by atoms with van der Waals surface area (Å²) >= 11 is 0. The maximum Gasteiger partial charge on any atom is 0.320 e. The van der Waals surface area contributed by atoms with Gasteiger partial charge in [-0.05, 0) is 45.3 Å². The van der Waals surface area contributed by atoms with Crippen LogP contribution in [0.25, 0.3) is 0 Å². The molecule has 0 aromatic heterocycles. The third-order valence-electron chi connectivity index (χ3n) is 4.72. The van der Waals surface area contributed by atoms with Crippen LogP contribution >= 0.6 is 0 Å². The second-order valence-corrected chi connectivity index (χ2v) is 6.84. The minimum atomic E-state index is -0.726. The third-order valence-corrected chi connectivity index (χ3v) is 4.72. The first-order chi connectivity index (χ1) is 10.1. The maximum atomic E-state index is 11.3. The molecule has 2 aliphatic rings. The number of likely N-dealkylation sites (tertiary alicyclic amines) is 2. The average molecular weight is 297 g/mol. The molecule has 2 fully saturated rings. The predicted molar refractivity (Wildman–Crippen MR) is 84.6 cm³/mol. The van der Waals surface area contributed by atoms with Crippen LogP contribution in [0, 0.1) is 0 Å².